The van der Waals surface area contributed by atoms with Gasteiger partial charge in [0.1, 0.15) is 0 Å². The molecule has 2 heterocycles. The van der Waals surface area contributed by atoms with Crippen molar-refractivity contribution in [1.29, 1.82) is 0 Å². The molecule has 0 saturated carbocycles. The van der Waals surface area contributed by atoms with Crippen molar-refractivity contribution < 1.29 is 9.59 Å². The molecule has 1 N–H and O–H groups in total. The summed E-state index contributed by atoms with van der Waals surface area (Å²) < 4.78 is 0. The van der Waals surface area contributed by atoms with E-state index in [0.717, 1.165) is 25.8 Å². The lowest BCUT2D eigenvalue weighted by Crippen LogP contribution is -2.21. The second kappa shape index (κ2) is 9.25. The van der Waals surface area contributed by atoms with E-state index in [9.17, 15) is 9.59 Å². The lowest BCUT2D eigenvalue weighted by molar-refractivity contribution is 0.0908. The zero-order chi connectivity index (χ0) is 21.8. The summed E-state index contributed by atoms with van der Waals surface area (Å²) in [5.74, 6) is -0.0125. The van der Waals surface area contributed by atoms with Crippen LogP contribution in [0, 0.1) is 11.8 Å². The van der Waals surface area contributed by atoms with E-state index >= 15 is 0 Å². The number of aryl methyl sites for hydroxylation is 1. The summed E-state index contributed by atoms with van der Waals surface area (Å²) in [4.78, 5) is 29.4. The first kappa shape index (κ1) is 21.0. The van der Waals surface area contributed by atoms with E-state index in [0.29, 0.717) is 16.8 Å². The van der Waals surface area contributed by atoms with E-state index in [-0.39, 0.29) is 23.4 Å². The Hall–Kier alpha value is -3.27. The largest absolute Gasteiger partial charge is 0.387 e. The summed E-state index contributed by atoms with van der Waals surface area (Å²) in [6.45, 7) is 4.35. The second-order valence-electron chi connectivity index (χ2n) is 8.41. The van der Waals surface area contributed by atoms with Crippen molar-refractivity contribution in [2.24, 2.45) is 16.8 Å². The summed E-state index contributed by atoms with van der Waals surface area (Å²) in [5, 5.41) is 3.26. The van der Waals surface area contributed by atoms with Crippen molar-refractivity contribution in [1.82, 2.24) is 5.32 Å². The highest BCUT2D eigenvalue weighted by Gasteiger charge is 2.28. The molecule has 0 amide bonds. The first-order valence-electron chi connectivity index (χ1n) is 10.9. The fourth-order valence-electron chi connectivity index (χ4n) is 4.26. The fraction of sp³-hybridized carbons (Fsp3) is 0.296. The maximum absolute atomic E-state index is 13.1. The van der Waals surface area contributed by atoms with Gasteiger partial charge < -0.3 is 5.32 Å². The molecule has 4 heteroatoms. The predicted octanol–water partition coefficient (Wildman–Crippen LogP) is 5.56. The Morgan fingerprint density at radius 2 is 2.06 bits per heavy atom. The maximum atomic E-state index is 13.1. The summed E-state index contributed by atoms with van der Waals surface area (Å²) in [7, 11) is 0. The number of hydrogen-bond donors (Lipinski definition) is 1. The molecule has 4 rings (SSSR count). The Labute approximate surface area is 183 Å². The van der Waals surface area contributed by atoms with Gasteiger partial charge in [0, 0.05) is 35.7 Å². The van der Waals surface area contributed by atoms with Gasteiger partial charge in [-0.2, -0.15) is 0 Å². The SMILES string of the molecule is CC(=O)c1ccc2c(c1)C(=O)C(C)C(CCCc1cccc(C3=CC=CNC3)c1)C=N2. The highest BCUT2D eigenvalue weighted by atomic mass is 16.1. The smallest absolute Gasteiger partial charge is 0.168 e. The molecule has 4 nitrogen and oxygen atoms in total. The Morgan fingerprint density at radius 3 is 2.84 bits per heavy atom. The molecule has 2 aromatic carbocycles. The van der Waals surface area contributed by atoms with Gasteiger partial charge in [-0.3, -0.25) is 14.6 Å². The third-order valence-corrected chi connectivity index (χ3v) is 6.23. The molecule has 2 aliphatic heterocycles. The van der Waals surface area contributed by atoms with Crippen LogP contribution >= 0.6 is 0 Å². The number of benzene rings is 2. The third-order valence-electron chi connectivity index (χ3n) is 6.23. The molecule has 0 saturated heterocycles. The van der Waals surface area contributed by atoms with Crippen molar-refractivity contribution >= 4 is 29.0 Å². The van der Waals surface area contributed by atoms with Crippen LogP contribution in [0.1, 0.15) is 58.5 Å². The van der Waals surface area contributed by atoms with Crippen molar-refractivity contribution in [3.8, 4) is 0 Å². The molecular formula is C27H28N2O2. The number of Topliss-reactive ketones (excluding diaryl/α,β-unsaturated/α-hetero) is 2. The zero-order valence-corrected chi connectivity index (χ0v) is 18.1. The first-order valence-corrected chi connectivity index (χ1v) is 10.9. The zero-order valence-electron chi connectivity index (χ0n) is 18.1. The minimum Gasteiger partial charge on any atom is -0.387 e. The molecule has 2 atom stereocenters. The van der Waals surface area contributed by atoms with Gasteiger partial charge in [-0.1, -0.05) is 37.3 Å². The highest BCUT2D eigenvalue weighted by Crippen LogP contribution is 2.31. The molecule has 0 radical (unpaired) electrons. The lowest BCUT2D eigenvalue weighted by Gasteiger charge is -2.18. The van der Waals surface area contributed by atoms with Gasteiger partial charge in [-0.05, 0) is 73.4 Å². The van der Waals surface area contributed by atoms with Crippen molar-refractivity contribution in [2.45, 2.75) is 33.1 Å². The number of nitrogens with zero attached hydrogens (tertiary/aromatic N) is 1. The molecule has 0 aromatic heterocycles. The summed E-state index contributed by atoms with van der Waals surface area (Å²) >= 11 is 0. The molecule has 2 aliphatic rings. The van der Waals surface area contributed by atoms with Crippen LogP contribution in [-0.2, 0) is 6.42 Å². The number of carbonyl (C=O) groups excluding carboxylic acids is 2. The number of dihydropyridines is 1. The highest BCUT2D eigenvalue weighted by molar-refractivity contribution is 6.07. The number of rotatable bonds is 6. The van der Waals surface area contributed by atoms with Gasteiger partial charge in [0.25, 0.3) is 0 Å². The van der Waals surface area contributed by atoms with Crippen LogP contribution < -0.4 is 5.32 Å². The van der Waals surface area contributed by atoms with E-state index in [1.165, 1.54) is 23.6 Å². The minimum atomic E-state index is -0.149. The third kappa shape index (κ3) is 4.74. The molecule has 158 valence electrons. The van der Waals surface area contributed by atoms with Gasteiger partial charge in [-0.25, -0.2) is 0 Å². The van der Waals surface area contributed by atoms with Crippen molar-refractivity contribution in [3.63, 3.8) is 0 Å². The van der Waals surface area contributed by atoms with Gasteiger partial charge in [0.15, 0.2) is 11.6 Å². The topological polar surface area (TPSA) is 58.5 Å². The van der Waals surface area contributed by atoms with Crippen LogP contribution in [0.25, 0.3) is 5.57 Å². The lowest BCUT2D eigenvalue weighted by atomic mass is 9.84. The molecule has 0 aliphatic carbocycles. The van der Waals surface area contributed by atoms with Crippen LogP contribution in [-0.4, -0.2) is 24.3 Å². The molecule has 0 spiro atoms. The number of hydrogen-bond acceptors (Lipinski definition) is 4. The molecule has 0 fully saturated rings. The van der Waals surface area contributed by atoms with Gasteiger partial charge >= 0.3 is 0 Å². The Kier molecular flexibility index (Phi) is 6.26. The Balaban J connectivity index is 1.42. The quantitative estimate of drug-likeness (QED) is 0.632. The van der Waals surface area contributed by atoms with Crippen molar-refractivity contribution in [3.05, 3.63) is 83.1 Å². The summed E-state index contributed by atoms with van der Waals surface area (Å²) in [6, 6.07) is 13.9. The monoisotopic (exact) mass is 412 g/mol. The van der Waals surface area contributed by atoms with Gasteiger partial charge in [0.05, 0.1) is 5.69 Å². The Morgan fingerprint density at radius 1 is 1.19 bits per heavy atom. The van der Waals surface area contributed by atoms with E-state index in [1.54, 1.807) is 18.2 Å². The van der Waals surface area contributed by atoms with Crippen LogP contribution in [0.5, 0.6) is 0 Å². The average molecular weight is 413 g/mol. The molecule has 0 bridgehead atoms. The number of nitrogens with one attached hydrogen (secondary N) is 1. The average Bonchev–Trinajstić information content (AvgIpc) is 2.91. The van der Waals surface area contributed by atoms with Crippen LogP contribution in [0.4, 0.5) is 5.69 Å². The second-order valence-corrected chi connectivity index (χ2v) is 8.41. The standard InChI is InChI=1S/C27H28N2O2/c1-18-23(17-29-26-12-11-21(19(2)30)15-25(26)27(18)31)9-4-7-20-6-3-8-22(14-20)24-10-5-13-28-16-24/h3,5-6,8,10-15,17-18,23,28H,4,7,9,16H2,1-2H3. The van der Waals surface area contributed by atoms with E-state index in [2.05, 4.69) is 40.7 Å². The van der Waals surface area contributed by atoms with Gasteiger partial charge in [-0.15, -0.1) is 0 Å². The molecular weight excluding hydrogens is 384 g/mol. The molecule has 2 aromatic rings. The summed E-state index contributed by atoms with van der Waals surface area (Å²) in [6.07, 6.45) is 10.9. The van der Waals surface area contributed by atoms with E-state index in [4.69, 9.17) is 0 Å². The predicted molar refractivity (Wildman–Crippen MR) is 126 cm³/mol. The number of aliphatic imine (C=N–C) groups is 1. The molecule has 31 heavy (non-hydrogen) atoms. The number of ketones is 2. The van der Waals surface area contributed by atoms with Crippen LogP contribution in [0.3, 0.4) is 0 Å². The Bertz CT molecular complexity index is 1090. The first-order chi connectivity index (χ1) is 15.0. The molecule has 2 unspecified atom stereocenters. The maximum Gasteiger partial charge on any atom is 0.168 e. The number of fused-ring (bicyclic) bond motifs is 1. The number of allylic oxidation sites excluding steroid dienone is 2. The minimum absolute atomic E-state index is 0.0361. The fourth-order valence-corrected chi connectivity index (χ4v) is 4.26. The van der Waals surface area contributed by atoms with Gasteiger partial charge in [0.2, 0.25) is 0 Å². The van der Waals surface area contributed by atoms with E-state index < -0.39 is 0 Å². The number of carbonyl (C=O) groups is 2. The van der Waals surface area contributed by atoms with Crippen molar-refractivity contribution in [2.75, 3.05) is 6.54 Å². The summed E-state index contributed by atoms with van der Waals surface area (Å²) in [5.41, 5.74) is 5.65. The van der Waals surface area contributed by atoms with Crippen LogP contribution in [0.15, 0.2) is 65.8 Å². The van der Waals surface area contributed by atoms with Crippen LogP contribution in [0.2, 0.25) is 0 Å². The van der Waals surface area contributed by atoms with E-state index in [1.807, 2.05) is 25.4 Å². The normalized spacial score (nSPS) is 19.9.